The molecular weight excluding hydrogens is 240 g/mol. The normalized spacial score (nSPS) is 22.9. The highest BCUT2D eigenvalue weighted by Gasteiger charge is 2.32. The molecule has 1 aliphatic heterocycles. The van der Waals surface area contributed by atoms with Gasteiger partial charge in [-0.25, -0.2) is 0 Å². The maximum Gasteiger partial charge on any atom is 0.229 e. The number of nitrogens with zero attached hydrogens (tertiary/aromatic N) is 3. The molecule has 2 heterocycles. The molecule has 0 bridgehead atoms. The van der Waals surface area contributed by atoms with Crippen molar-refractivity contribution in [2.75, 3.05) is 19.6 Å². The van der Waals surface area contributed by atoms with Gasteiger partial charge in [-0.15, -0.1) is 0 Å². The Morgan fingerprint density at radius 1 is 1.21 bits per heavy atom. The molecule has 0 atom stereocenters. The highest BCUT2D eigenvalue weighted by molar-refractivity contribution is 5.05. The van der Waals surface area contributed by atoms with Gasteiger partial charge in [-0.2, -0.15) is 4.98 Å². The zero-order chi connectivity index (χ0) is 13.5. The smallest absolute Gasteiger partial charge is 0.229 e. The second kappa shape index (κ2) is 4.87. The van der Waals surface area contributed by atoms with Gasteiger partial charge in [-0.1, -0.05) is 5.16 Å². The van der Waals surface area contributed by atoms with E-state index in [1.807, 2.05) is 0 Å². The molecule has 0 amide bonds. The molecule has 5 heteroatoms. The molecule has 106 valence electrons. The molecule has 2 N–H and O–H groups in total. The SMILES string of the molecule is CC(C)(N)CN1CCC(c2noc(C3CC3)n2)CC1. The van der Waals surface area contributed by atoms with Crippen LogP contribution in [0.5, 0.6) is 0 Å². The number of likely N-dealkylation sites (tertiary alicyclic amines) is 1. The molecule has 19 heavy (non-hydrogen) atoms. The third-order valence-electron chi connectivity index (χ3n) is 3.97. The van der Waals surface area contributed by atoms with E-state index in [4.69, 9.17) is 10.3 Å². The fourth-order valence-corrected chi connectivity index (χ4v) is 2.83. The van der Waals surface area contributed by atoms with Gasteiger partial charge < -0.3 is 15.2 Å². The van der Waals surface area contributed by atoms with Crippen LogP contribution in [0.3, 0.4) is 0 Å². The molecule has 1 aromatic heterocycles. The van der Waals surface area contributed by atoms with Crippen LogP contribution in [0.1, 0.15) is 63.1 Å². The Morgan fingerprint density at radius 3 is 2.47 bits per heavy atom. The zero-order valence-electron chi connectivity index (χ0n) is 11.9. The van der Waals surface area contributed by atoms with E-state index in [1.165, 1.54) is 12.8 Å². The Morgan fingerprint density at radius 2 is 1.89 bits per heavy atom. The second-order valence-electron chi connectivity index (χ2n) is 6.80. The van der Waals surface area contributed by atoms with E-state index in [9.17, 15) is 0 Å². The molecule has 3 rings (SSSR count). The molecule has 2 aliphatic rings. The summed E-state index contributed by atoms with van der Waals surface area (Å²) in [6.45, 7) is 7.29. The Balaban J connectivity index is 1.54. The van der Waals surface area contributed by atoms with Gasteiger partial charge in [-0.3, -0.25) is 0 Å². The summed E-state index contributed by atoms with van der Waals surface area (Å²) >= 11 is 0. The summed E-state index contributed by atoms with van der Waals surface area (Å²) in [6.07, 6.45) is 4.65. The molecule has 1 saturated carbocycles. The first kappa shape index (κ1) is 13.1. The summed E-state index contributed by atoms with van der Waals surface area (Å²) in [5.41, 5.74) is 5.96. The van der Waals surface area contributed by atoms with Gasteiger partial charge >= 0.3 is 0 Å². The van der Waals surface area contributed by atoms with E-state index in [0.717, 1.165) is 44.2 Å². The van der Waals surface area contributed by atoms with Crippen molar-refractivity contribution in [1.29, 1.82) is 0 Å². The van der Waals surface area contributed by atoms with Crippen LogP contribution in [-0.2, 0) is 0 Å². The number of nitrogens with two attached hydrogens (primary N) is 1. The van der Waals surface area contributed by atoms with Crippen molar-refractivity contribution < 1.29 is 4.52 Å². The average Bonchev–Trinajstić information content (AvgIpc) is 3.07. The maximum absolute atomic E-state index is 6.07. The summed E-state index contributed by atoms with van der Waals surface area (Å²) in [7, 11) is 0. The predicted octanol–water partition coefficient (Wildman–Crippen LogP) is 1.86. The third-order valence-corrected chi connectivity index (χ3v) is 3.97. The van der Waals surface area contributed by atoms with Crippen LogP contribution < -0.4 is 5.73 Å². The lowest BCUT2D eigenvalue weighted by Gasteiger charge is -2.34. The van der Waals surface area contributed by atoms with Crippen LogP contribution in [0.4, 0.5) is 0 Å². The monoisotopic (exact) mass is 264 g/mol. The second-order valence-corrected chi connectivity index (χ2v) is 6.80. The summed E-state index contributed by atoms with van der Waals surface area (Å²) in [5, 5.41) is 4.17. The van der Waals surface area contributed by atoms with Gasteiger partial charge in [0.05, 0.1) is 0 Å². The van der Waals surface area contributed by atoms with Crippen LogP contribution in [-0.4, -0.2) is 40.2 Å². The van der Waals surface area contributed by atoms with E-state index in [2.05, 4.69) is 28.9 Å². The highest BCUT2D eigenvalue weighted by Crippen LogP contribution is 2.39. The first-order valence-corrected chi connectivity index (χ1v) is 7.36. The first-order valence-electron chi connectivity index (χ1n) is 7.36. The topological polar surface area (TPSA) is 68.2 Å². The zero-order valence-corrected chi connectivity index (χ0v) is 11.9. The number of piperidine rings is 1. The van der Waals surface area contributed by atoms with Crippen molar-refractivity contribution in [3.05, 3.63) is 11.7 Å². The quantitative estimate of drug-likeness (QED) is 0.899. The van der Waals surface area contributed by atoms with E-state index in [1.54, 1.807) is 0 Å². The molecule has 1 aromatic rings. The average molecular weight is 264 g/mol. The van der Waals surface area contributed by atoms with Crippen molar-refractivity contribution in [2.24, 2.45) is 5.73 Å². The lowest BCUT2D eigenvalue weighted by Crippen LogP contribution is -2.47. The van der Waals surface area contributed by atoms with Crippen molar-refractivity contribution in [3.8, 4) is 0 Å². The first-order chi connectivity index (χ1) is 9.01. The number of hydrogen-bond acceptors (Lipinski definition) is 5. The minimum Gasteiger partial charge on any atom is -0.339 e. The largest absolute Gasteiger partial charge is 0.339 e. The summed E-state index contributed by atoms with van der Waals surface area (Å²) in [5.74, 6) is 2.81. The molecule has 0 aromatic carbocycles. The van der Waals surface area contributed by atoms with Crippen molar-refractivity contribution in [1.82, 2.24) is 15.0 Å². The highest BCUT2D eigenvalue weighted by atomic mass is 16.5. The van der Waals surface area contributed by atoms with Crippen LogP contribution in [0.2, 0.25) is 0 Å². The predicted molar refractivity (Wildman–Crippen MR) is 73.0 cm³/mol. The third kappa shape index (κ3) is 3.34. The number of rotatable bonds is 4. The molecule has 0 spiro atoms. The summed E-state index contributed by atoms with van der Waals surface area (Å²) in [4.78, 5) is 7.02. The Bertz CT molecular complexity index is 425. The van der Waals surface area contributed by atoms with Crippen molar-refractivity contribution >= 4 is 0 Å². The van der Waals surface area contributed by atoms with Gasteiger partial charge in [0.25, 0.3) is 0 Å². The lowest BCUT2D eigenvalue weighted by molar-refractivity contribution is 0.176. The fourth-order valence-electron chi connectivity index (χ4n) is 2.83. The standard InChI is InChI=1S/C14H24N4O/c1-14(2,15)9-18-7-5-10(6-8-18)12-16-13(19-17-12)11-3-4-11/h10-11H,3-9,15H2,1-2H3. The van der Waals surface area contributed by atoms with Gasteiger partial charge in [0.15, 0.2) is 5.82 Å². The van der Waals surface area contributed by atoms with E-state index >= 15 is 0 Å². The van der Waals surface area contributed by atoms with Crippen LogP contribution >= 0.6 is 0 Å². The fraction of sp³-hybridized carbons (Fsp3) is 0.857. The van der Waals surface area contributed by atoms with Crippen molar-refractivity contribution in [3.63, 3.8) is 0 Å². The number of aromatic nitrogens is 2. The summed E-state index contributed by atoms with van der Waals surface area (Å²) < 4.78 is 5.35. The van der Waals surface area contributed by atoms with Crippen LogP contribution in [0.25, 0.3) is 0 Å². The van der Waals surface area contributed by atoms with Gasteiger partial charge in [-0.05, 0) is 52.6 Å². The van der Waals surface area contributed by atoms with Gasteiger partial charge in [0, 0.05) is 23.9 Å². The number of hydrogen-bond donors (Lipinski definition) is 1. The van der Waals surface area contributed by atoms with E-state index in [-0.39, 0.29) is 5.54 Å². The Hall–Kier alpha value is -0.940. The minimum absolute atomic E-state index is 0.113. The summed E-state index contributed by atoms with van der Waals surface area (Å²) in [6, 6.07) is 0. The molecule has 0 unspecified atom stereocenters. The molecule has 1 saturated heterocycles. The van der Waals surface area contributed by atoms with E-state index < -0.39 is 0 Å². The Kier molecular flexibility index (Phi) is 3.35. The molecule has 2 fully saturated rings. The van der Waals surface area contributed by atoms with Crippen LogP contribution in [0, 0.1) is 0 Å². The van der Waals surface area contributed by atoms with E-state index in [0.29, 0.717) is 11.8 Å². The van der Waals surface area contributed by atoms with Gasteiger partial charge in [0.1, 0.15) is 0 Å². The van der Waals surface area contributed by atoms with Gasteiger partial charge in [0.2, 0.25) is 5.89 Å². The maximum atomic E-state index is 6.07. The minimum atomic E-state index is -0.113. The molecule has 1 aliphatic carbocycles. The molecular formula is C14H24N4O. The van der Waals surface area contributed by atoms with Crippen molar-refractivity contribution in [2.45, 2.75) is 56.9 Å². The Labute approximate surface area is 114 Å². The molecule has 5 nitrogen and oxygen atoms in total. The molecule has 0 radical (unpaired) electrons. The van der Waals surface area contributed by atoms with Crippen LogP contribution in [0.15, 0.2) is 4.52 Å². The lowest BCUT2D eigenvalue weighted by atomic mass is 9.94.